The van der Waals surface area contributed by atoms with Gasteiger partial charge in [-0.05, 0) is 12.8 Å². The summed E-state index contributed by atoms with van der Waals surface area (Å²) in [4.78, 5) is 0. The lowest BCUT2D eigenvalue weighted by Crippen LogP contribution is -2.34. The molecule has 1 atom stereocenters. The van der Waals surface area contributed by atoms with Crippen molar-refractivity contribution in [1.29, 1.82) is 0 Å². The monoisotopic (exact) mass is 177 g/mol. The SMILES string of the molecule is CC(C)C(C)(O)CSCCN. The van der Waals surface area contributed by atoms with Crippen LogP contribution in [0.15, 0.2) is 0 Å². The van der Waals surface area contributed by atoms with Crippen molar-refractivity contribution >= 4 is 11.8 Å². The summed E-state index contributed by atoms with van der Waals surface area (Å²) in [6.45, 7) is 6.63. The largest absolute Gasteiger partial charge is 0.389 e. The number of hydrogen-bond donors (Lipinski definition) is 2. The van der Waals surface area contributed by atoms with Gasteiger partial charge in [-0.15, -0.1) is 0 Å². The zero-order chi connectivity index (χ0) is 8.91. The van der Waals surface area contributed by atoms with Crippen molar-refractivity contribution in [2.75, 3.05) is 18.1 Å². The Bertz CT molecular complexity index is 104. The topological polar surface area (TPSA) is 46.2 Å². The number of rotatable bonds is 5. The van der Waals surface area contributed by atoms with Crippen LogP contribution in [0.3, 0.4) is 0 Å². The van der Waals surface area contributed by atoms with Gasteiger partial charge in [-0.3, -0.25) is 0 Å². The first-order valence-corrected chi connectivity index (χ1v) is 5.16. The summed E-state index contributed by atoms with van der Waals surface area (Å²) >= 11 is 1.71. The lowest BCUT2D eigenvalue weighted by Gasteiger charge is -2.26. The summed E-state index contributed by atoms with van der Waals surface area (Å²) < 4.78 is 0. The van der Waals surface area contributed by atoms with Crippen molar-refractivity contribution in [1.82, 2.24) is 0 Å². The zero-order valence-electron chi connectivity index (χ0n) is 7.63. The normalized spacial score (nSPS) is 16.9. The van der Waals surface area contributed by atoms with Crippen molar-refractivity contribution in [3.8, 4) is 0 Å². The molecule has 11 heavy (non-hydrogen) atoms. The van der Waals surface area contributed by atoms with E-state index >= 15 is 0 Å². The van der Waals surface area contributed by atoms with Gasteiger partial charge in [-0.1, -0.05) is 13.8 Å². The molecule has 0 rings (SSSR count). The first-order chi connectivity index (χ1) is 5.00. The van der Waals surface area contributed by atoms with E-state index in [-0.39, 0.29) is 0 Å². The molecule has 3 N–H and O–H groups in total. The Morgan fingerprint density at radius 1 is 1.55 bits per heavy atom. The third-order valence-corrected chi connectivity index (χ3v) is 3.21. The van der Waals surface area contributed by atoms with E-state index in [0.717, 1.165) is 11.5 Å². The van der Waals surface area contributed by atoms with Gasteiger partial charge in [-0.2, -0.15) is 11.8 Å². The van der Waals surface area contributed by atoms with Crippen LogP contribution < -0.4 is 5.73 Å². The molecule has 1 unspecified atom stereocenters. The summed E-state index contributed by atoms with van der Waals surface area (Å²) in [6, 6.07) is 0. The van der Waals surface area contributed by atoms with Crippen LogP contribution in [-0.2, 0) is 0 Å². The van der Waals surface area contributed by atoms with Crippen molar-refractivity contribution in [2.24, 2.45) is 11.7 Å². The maximum atomic E-state index is 9.76. The number of nitrogens with two attached hydrogens (primary N) is 1. The number of aliphatic hydroxyl groups is 1. The van der Waals surface area contributed by atoms with E-state index in [0.29, 0.717) is 12.5 Å². The zero-order valence-corrected chi connectivity index (χ0v) is 8.45. The standard InChI is InChI=1S/C8H19NOS/c1-7(2)8(3,10)6-11-5-4-9/h7,10H,4-6,9H2,1-3H3. The van der Waals surface area contributed by atoms with Crippen LogP contribution in [0.2, 0.25) is 0 Å². The van der Waals surface area contributed by atoms with Crippen LogP contribution in [-0.4, -0.2) is 28.8 Å². The molecule has 0 heterocycles. The Balaban J connectivity index is 3.55. The van der Waals surface area contributed by atoms with E-state index in [1.165, 1.54) is 0 Å². The van der Waals surface area contributed by atoms with Crippen molar-refractivity contribution < 1.29 is 5.11 Å². The predicted molar refractivity (Wildman–Crippen MR) is 51.8 cm³/mol. The Morgan fingerprint density at radius 2 is 2.09 bits per heavy atom. The maximum Gasteiger partial charge on any atom is 0.0732 e. The molecule has 0 aromatic heterocycles. The van der Waals surface area contributed by atoms with Crippen LogP contribution in [0.1, 0.15) is 20.8 Å². The van der Waals surface area contributed by atoms with Gasteiger partial charge in [0.2, 0.25) is 0 Å². The van der Waals surface area contributed by atoms with Crippen LogP contribution in [0, 0.1) is 5.92 Å². The molecule has 68 valence electrons. The molecule has 0 aliphatic heterocycles. The third-order valence-electron chi connectivity index (χ3n) is 1.90. The highest BCUT2D eigenvalue weighted by atomic mass is 32.2. The average Bonchev–Trinajstić information content (AvgIpc) is 1.88. The van der Waals surface area contributed by atoms with Gasteiger partial charge in [-0.25, -0.2) is 0 Å². The van der Waals surface area contributed by atoms with Crippen molar-refractivity contribution in [3.05, 3.63) is 0 Å². The second-order valence-electron chi connectivity index (χ2n) is 3.35. The van der Waals surface area contributed by atoms with Crippen molar-refractivity contribution in [3.63, 3.8) is 0 Å². The van der Waals surface area contributed by atoms with Gasteiger partial charge >= 0.3 is 0 Å². The Morgan fingerprint density at radius 3 is 2.45 bits per heavy atom. The summed E-state index contributed by atoms with van der Waals surface area (Å²) in [5.41, 5.74) is 4.79. The highest BCUT2D eigenvalue weighted by Gasteiger charge is 2.23. The number of thioether (sulfide) groups is 1. The second-order valence-corrected chi connectivity index (χ2v) is 4.46. The fourth-order valence-corrected chi connectivity index (χ4v) is 1.59. The minimum atomic E-state index is -0.542. The van der Waals surface area contributed by atoms with E-state index < -0.39 is 5.60 Å². The first kappa shape index (κ1) is 11.3. The smallest absolute Gasteiger partial charge is 0.0732 e. The highest BCUT2D eigenvalue weighted by molar-refractivity contribution is 7.99. The van der Waals surface area contributed by atoms with Crippen LogP contribution in [0.4, 0.5) is 0 Å². The van der Waals surface area contributed by atoms with Crippen LogP contribution >= 0.6 is 11.8 Å². The van der Waals surface area contributed by atoms with E-state index in [2.05, 4.69) is 0 Å². The van der Waals surface area contributed by atoms with Gasteiger partial charge in [0, 0.05) is 18.1 Å². The molecule has 3 heteroatoms. The maximum absolute atomic E-state index is 9.76. The predicted octanol–water partition coefficient (Wildman–Crippen LogP) is 1.09. The van der Waals surface area contributed by atoms with Gasteiger partial charge in [0.25, 0.3) is 0 Å². The highest BCUT2D eigenvalue weighted by Crippen LogP contribution is 2.20. The molecule has 0 saturated heterocycles. The number of hydrogen-bond acceptors (Lipinski definition) is 3. The molecule has 0 aliphatic carbocycles. The summed E-state index contributed by atoms with van der Waals surface area (Å²) in [5, 5.41) is 9.76. The molecule has 0 bridgehead atoms. The van der Waals surface area contributed by atoms with E-state index in [9.17, 15) is 5.11 Å². The Hall–Kier alpha value is 0.270. The minimum absolute atomic E-state index is 0.313. The van der Waals surface area contributed by atoms with Gasteiger partial charge in [0.1, 0.15) is 0 Å². The molecule has 0 aliphatic rings. The molecule has 0 spiro atoms. The molecule has 0 aromatic rings. The molecule has 0 amide bonds. The van der Waals surface area contributed by atoms with Gasteiger partial charge in [0.15, 0.2) is 0 Å². The molecule has 0 radical (unpaired) electrons. The van der Waals surface area contributed by atoms with E-state index in [1.54, 1.807) is 11.8 Å². The molecule has 0 fully saturated rings. The van der Waals surface area contributed by atoms with Gasteiger partial charge in [0.05, 0.1) is 5.60 Å². The summed E-state index contributed by atoms with van der Waals surface area (Å²) in [7, 11) is 0. The lowest BCUT2D eigenvalue weighted by molar-refractivity contribution is 0.0376. The molecule has 0 saturated carbocycles. The summed E-state index contributed by atoms with van der Waals surface area (Å²) in [5.74, 6) is 2.03. The Kier molecular flexibility index (Phi) is 5.13. The third kappa shape index (κ3) is 4.67. The van der Waals surface area contributed by atoms with E-state index in [4.69, 9.17) is 5.73 Å². The molecular weight excluding hydrogens is 158 g/mol. The summed E-state index contributed by atoms with van der Waals surface area (Å²) in [6.07, 6.45) is 0. The fraction of sp³-hybridized carbons (Fsp3) is 1.00. The Labute approximate surface area is 73.6 Å². The molecular formula is C8H19NOS. The minimum Gasteiger partial charge on any atom is -0.389 e. The lowest BCUT2D eigenvalue weighted by atomic mass is 9.95. The van der Waals surface area contributed by atoms with Crippen molar-refractivity contribution in [2.45, 2.75) is 26.4 Å². The average molecular weight is 177 g/mol. The second kappa shape index (κ2) is 5.01. The van der Waals surface area contributed by atoms with Crippen LogP contribution in [0.5, 0.6) is 0 Å². The van der Waals surface area contributed by atoms with Gasteiger partial charge < -0.3 is 10.8 Å². The van der Waals surface area contributed by atoms with Crippen LogP contribution in [0.25, 0.3) is 0 Å². The van der Waals surface area contributed by atoms with E-state index in [1.807, 2.05) is 20.8 Å². The quantitative estimate of drug-likeness (QED) is 0.618. The fourth-order valence-electron chi connectivity index (χ4n) is 0.529. The molecule has 2 nitrogen and oxygen atoms in total. The first-order valence-electron chi connectivity index (χ1n) is 4.01. The molecule has 0 aromatic carbocycles.